The van der Waals surface area contributed by atoms with E-state index in [2.05, 4.69) is 36.5 Å². The maximum absolute atomic E-state index is 12.0. The molecular weight excluding hydrogens is 286 g/mol. The Hall–Kier alpha value is -0.980. The lowest BCUT2D eigenvalue weighted by Crippen LogP contribution is -2.41. The molecule has 2 rings (SSSR count). The van der Waals surface area contributed by atoms with E-state index >= 15 is 0 Å². The summed E-state index contributed by atoms with van der Waals surface area (Å²) in [7, 11) is 0. The van der Waals surface area contributed by atoms with Crippen molar-refractivity contribution in [3.8, 4) is 0 Å². The number of aromatic nitrogens is 1. The Labute approximate surface area is 130 Å². The highest BCUT2D eigenvalue weighted by Crippen LogP contribution is 2.25. The number of morpholine rings is 1. The molecule has 0 unspecified atom stereocenters. The van der Waals surface area contributed by atoms with Gasteiger partial charge >= 0.3 is 0 Å². The van der Waals surface area contributed by atoms with Crippen molar-refractivity contribution >= 4 is 17.2 Å². The van der Waals surface area contributed by atoms with Gasteiger partial charge in [0.2, 0.25) is 5.91 Å². The highest BCUT2D eigenvalue weighted by atomic mass is 32.1. The number of nitrogens with zero attached hydrogens (tertiary/aromatic N) is 2. The molecule has 0 radical (unpaired) electrons. The number of hydrogen-bond acceptors (Lipinski definition) is 5. The van der Waals surface area contributed by atoms with Crippen LogP contribution in [0.1, 0.15) is 37.9 Å². The van der Waals surface area contributed by atoms with Crippen molar-refractivity contribution in [2.45, 2.75) is 39.2 Å². The zero-order valence-corrected chi connectivity index (χ0v) is 14.0. The summed E-state index contributed by atoms with van der Waals surface area (Å²) in [5, 5.41) is 6.55. The molecule has 1 amide bonds. The average molecular weight is 311 g/mol. The van der Waals surface area contributed by atoms with Crippen LogP contribution in [0.15, 0.2) is 5.38 Å². The predicted molar refractivity (Wildman–Crippen MR) is 84.5 cm³/mol. The molecule has 1 fully saturated rings. The van der Waals surface area contributed by atoms with Gasteiger partial charge < -0.3 is 15.0 Å². The number of amides is 1. The van der Waals surface area contributed by atoms with E-state index in [9.17, 15) is 4.79 Å². The van der Waals surface area contributed by atoms with Gasteiger partial charge in [-0.15, -0.1) is 11.3 Å². The molecule has 0 aliphatic carbocycles. The monoisotopic (exact) mass is 311 g/mol. The van der Waals surface area contributed by atoms with Crippen molar-refractivity contribution in [3.63, 3.8) is 0 Å². The zero-order valence-electron chi connectivity index (χ0n) is 13.1. The standard InChI is InChI=1S/C15H25N3O2S/c1-15(2,3)14-17-12(11-21-14)10-16-5-4-13(19)18-6-8-20-9-7-18/h11,16H,4-10H2,1-3H3. The molecule has 1 aliphatic rings. The van der Waals surface area contributed by atoms with Crippen LogP contribution in [0.3, 0.4) is 0 Å². The minimum Gasteiger partial charge on any atom is -0.378 e. The Kier molecular flexibility index (Phi) is 5.72. The van der Waals surface area contributed by atoms with Crippen molar-refractivity contribution in [2.75, 3.05) is 32.8 Å². The Bertz CT molecular complexity index is 462. The molecule has 5 nitrogen and oxygen atoms in total. The molecule has 1 aromatic heterocycles. The third-order valence-corrected chi connectivity index (χ3v) is 4.70. The summed E-state index contributed by atoms with van der Waals surface area (Å²) in [5.74, 6) is 0.208. The maximum atomic E-state index is 12.0. The van der Waals surface area contributed by atoms with Gasteiger partial charge in [-0.25, -0.2) is 4.98 Å². The van der Waals surface area contributed by atoms with Gasteiger partial charge in [-0.2, -0.15) is 0 Å². The lowest BCUT2D eigenvalue weighted by atomic mass is 9.98. The third-order valence-electron chi connectivity index (χ3n) is 3.38. The molecule has 1 N–H and O–H groups in total. The van der Waals surface area contributed by atoms with Crippen LogP contribution < -0.4 is 5.32 Å². The Balaban J connectivity index is 1.67. The zero-order chi connectivity index (χ0) is 15.3. The van der Waals surface area contributed by atoms with Gasteiger partial charge in [-0.1, -0.05) is 20.8 Å². The number of carbonyl (C=O) groups is 1. The van der Waals surface area contributed by atoms with Gasteiger partial charge in [0.15, 0.2) is 0 Å². The molecule has 0 atom stereocenters. The number of ether oxygens (including phenoxy) is 1. The molecule has 2 heterocycles. The van der Waals surface area contributed by atoms with Crippen LogP contribution in [0.2, 0.25) is 0 Å². The second-order valence-electron chi connectivity index (χ2n) is 6.31. The summed E-state index contributed by atoms with van der Waals surface area (Å²) >= 11 is 1.70. The molecule has 21 heavy (non-hydrogen) atoms. The topological polar surface area (TPSA) is 54.5 Å². The normalized spacial score (nSPS) is 16.2. The highest BCUT2D eigenvalue weighted by Gasteiger charge is 2.18. The molecule has 0 spiro atoms. The molecule has 118 valence electrons. The maximum Gasteiger partial charge on any atom is 0.224 e. The fourth-order valence-corrected chi connectivity index (χ4v) is 3.02. The highest BCUT2D eigenvalue weighted by molar-refractivity contribution is 7.09. The molecule has 1 aromatic rings. The summed E-state index contributed by atoms with van der Waals surface area (Å²) in [6.07, 6.45) is 0.538. The Morgan fingerprint density at radius 1 is 1.43 bits per heavy atom. The van der Waals surface area contributed by atoms with Crippen LogP contribution in [-0.4, -0.2) is 48.6 Å². The lowest BCUT2D eigenvalue weighted by Gasteiger charge is -2.26. The number of thiazole rings is 1. The number of carbonyl (C=O) groups excluding carboxylic acids is 1. The second-order valence-corrected chi connectivity index (χ2v) is 7.17. The average Bonchev–Trinajstić information content (AvgIpc) is 2.93. The van der Waals surface area contributed by atoms with E-state index in [0.29, 0.717) is 26.2 Å². The van der Waals surface area contributed by atoms with Crippen molar-refractivity contribution in [2.24, 2.45) is 0 Å². The molecule has 0 aromatic carbocycles. The molecule has 1 saturated heterocycles. The minimum absolute atomic E-state index is 0.106. The van der Waals surface area contributed by atoms with Gasteiger partial charge in [-0.05, 0) is 0 Å². The van der Waals surface area contributed by atoms with E-state index in [-0.39, 0.29) is 11.3 Å². The van der Waals surface area contributed by atoms with Crippen molar-refractivity contribution in [1.29, 1.82) is 0 Å². The quantitative estimate of drug-likeness (QED) is 0.842. The first kappa shape index (κ1) is 16.4. The van der Waals surface area contributed by atoms with Crippen LogP contribution in [0.4, 0.5) is 0 Å². The van der Waals surface area contributed by atoms with Crippen molar-refractivity contribution in [3.05, 3.63) is 16.1 Å². The molecule has 1 aliphatic heterocycles. The largest absolute Gasteiger partial charge is 0.378 e. The van der Waals surface area contributed by atoms with Gasteiger partial charge in [0.1, 0.15) is 0 Å². The summed E-state index contributed by atoms with van der Waals surface area (Å²) in [6.45, 7) is 10.7. The predicted octanol–water partition coefficient (Wildman–Crippen LogP) is 1.78. The fourth-order valence-electron chi connectivity index (χ4n) is 2.12. The van der Waals surface area contributed by atoms with E-state index < -0.39 is 0 Å². The molecular formula is C15H25N3O2S. The van der Waals surface area contributed by atoms with Gasteiger partial charge in [0, 0.05) is 43.4 Å². The summed E-state index contributed by atoms with van der Waals surface area (Å²) in [6, 6.07) is 0. The smallest absolute Gasteiger partial charge is 0.224 e. The van der Waals surface area contributed by atoms with Crippen LogP contribution >= 0.6 is 11.3 Å². The third kappa shape index (κ3) is 5.05. The fraction of sp³-hybridized carbons (Fsp3) is 0.733. The second kappa shape index (κ2) is 7.33. The van der Waals surface area contributed by atoms with Crippen LogP contribution in [0, 0.1) is 0 Å². The summed E-state index contributed by atoms with van der Waals surface area (Å²) in [5.41, 5.74) is 1.17. The number of nitrogens with one attached hydrogen (secondary N) is 1. The van der Waals surface area contributed by atoms with Gasteiger partial charge in [-0.3, -0.25) is 4.79 Å². The Morgan fingerprint density at radius 3 is 2.76 bits per heavy atom. The van der Waals surface area contributed by atoms with E-state index in [1.165, 1.54) is 0 Å². The number of hydrogen-bond donors (Lipinski definition) is 1. The van der Waals surface area contributed by atoms with Gasteiger partial charge in [0.05, 0.1) is 23.9 Å². The summed E-state index contributed by atoms with van der Waals surface area (Å²) in [4.78, 5) is 18.5. The van der Waals surface area contributed by atoms with Crippen molar-refractivity contribution < 1.29 is 9.53 Å². The van der Waals surface area contributed by atoms with E-state index in [1.54, 1.807) is 11.3 Å². The van der Waals surface area contributed by atoms with E-state index in [0.717, 1.165) is 30.3 Å². The first-order valence-corrected chi connectivity index (χ1v) is 8.36. The van der Waals surface area contributed by atoms with E-state index in [4.69, 9.17) is 4.74 Å². The SMILES string of the molecule is CC(C)(C)c1nc(CNCCC(=O)N2CCOCC2)cs1. The number of rotatable bonds is 5. The summed E-state index contributed by atoms with van der Waals surface area (Å²) < 4.78 is 5.25. The van der Waals surface area contributed by atoms with Crippen LogP contribution in [0.5, 0.6) is 0 Å². The van der Waals surface area contributed by atoms with E-state index in [1.807, 2.05) is 4.90 Å². The van der Waals surface area contributed by atoms with Gasteiger partial charge in [0.25, 0.3) is 0 Å². The first-order valence-electron chi connectivity index (χ1n) is 7.48. The van der Waals surface area contributed by atoms with Crippen molar-refractivity contribution in [1.82, 2.24) is 15.2 Å². The van der Waals surface area contributed by atoms with Crippen LogP contribution in [-0.2, 0) is 21.5 Å². The molecule has 0 bridgehead atoms. The lowest BCUT2D eigenvalue weighted by molar-refractivity contribution is -0.135. The Morgan fingerprint density at radius 2 is 2.14 bits per heavy atom. The first-order chi connectivity index (χ1) is 9.97. The molecule has 0 saturated carbocycles. The van der Waals surface area contributed by atoms with Crippen LogP contribution in [0.25, 0.3) is 0 Å². The minimum atomic E-state index is 0.106. The molecule has 6 heteroatoms.